The van der Waals surface area contributed by atoms with E-state index in [0.717, 1.165) is 57.0 Å². The summed E-state index contributed by atoms with van der Waals surface area (Å²) in [6, 6.07) is 17.6. The Morgan fingerprint density at radius 2 is 1.81 bits per heavy atom. The number of anilines is 1. The third-order valence-corrected chi connectivity index (χ3v) is 7.10. The summed E-state index contributed by atoms with van der Waals surface area (Å²) in [4.78, 5) is 17.3. The molecular weight excluding hydrogens is 396 g/mol. The first-order valence-corrected chi connectivity index (χ1v) is 11.7. The van der Waals surface area contributed by atoms with E-state index in [0.29, 0.717) is 6.04 Å². The van der Waals surface area contributed by atoms with Gasteiger partial charge in [0.1, 0.15) is 11.5 Å². The van der Waals surface area contributed by atoms with Gasteiger partial charge in [-0.15, -0.1) is 0 Å². The van der Waals surface area contributed by atoms with Gasteiger partial charge >= 0.3 is 0 Å². The first kappa shape index (κ1) is 19.7. The van der Waals surface area contributed by atoms with Gasteiger partial charge in [0, 0.05) is 50.5 Å². The van der Waals surface area contributed by atoms with Crippen molar-refractivity contribution in [3.05, 3.63) is 72.3 Å². The Morgan fingerprint density at radius 3 is 2.72 bits per heavy atom. The SMILES string of the molecule is CN1CCN(c2cccc3nc(CN4CCCC4c4nccc5ccccc45)cn23)CC1. The number of rotatable bonds is 4. The monoisotopic (exact) mass is 426 g/mol. The Bertz CT molecular complexity index is 1230. The Kier molecular flexibility index (Phi) is 5.04. The molecule has 0 bridgehead atoms. The Morgan fingerprint density at radius 1 is 0.938 bits per heavy atom. The lowest BCUT2D eigenvalue weighted by Crippen LogP contribution is -2.45. The second kappa shape index (κ2) is 8.19. The molecule has 164 valence electrons. The molecule has 0 radical (unpaired) electrons. The molecule has 2 saturated heterocycles. The largest absolute Gasteiger partial charge is 0.355 e. The van der Waals surface area contributed by atoms with E-state index in [1.54, 1.807) is 0 Å². The van der Waals surface area contributed by atoms with Gasteiger partial charge in [-0.2, -0.15) is 0 Å². The molecule has 1 unspecified atom stereocenters. The number of hydrogen-bond acceptors (Lipinski definition) is 5. The molecule has 0 saturated carbocycles. The van der Waals surface area contributed by atoms with Crippen LogP contribution in [0.25, 0.3) is 16.4 Å². The summed E-state index contributed by atoms with van der Waals surface area (Å²) >= 11 is 0. The molecule has 6 nitrogen and oxygen atoms in total. The summed E-state index contributed by atoms with van der Waals surface area (Å²) < 4.78 is 2.28. The van der Waals surface area contributed by atoms with Crippen molar-refractivity contribution in [2.75, 3.05) is 44.7 Å². The maximum Gasteiger partial charge on any atom is 0.138 e. The van der Waals surface area contributed by atoms with Gasteiger partial charge in [0.2, 0.25) is 0 Å². The highest BCUT2D eigenvalue weighted by Crippen LogP contribution is 2.35. The van der Waals surface area contributed by atoms with E-state index in [4.69, 9.17) is 9.97 Å². The topological polar surface area (TPSA) is 39.9 Å². The number of likely N-dealkylation sites (tertiary alicyclic amines) is 1. The van der Waals surface area contributed by atoms with Crippen molar-refractivity contribution in [2.24, 2.45) is 0 Å². The van der Waals surface area contributed by atoms with Gasteiger partial charge in [-0.05, 0) is 50.0 Å². The highest BCUT2D eigenvalue weighted by molar-refractivity contribution is 5.84. The Labute approximate surface area is 189 Å². The average Bonchev–Trinajstić information content (AvgIpc) is 3.46. The number of likely N-dealkylation sites (N-methyl/N-ethyl adjacent to an activating group) is 1. The molecule has 0 N–H and O–H groups in total. The molecule has 6 heteroatoms. The molecular formula is C26H30N6. The Hall–Kier alpha value is -2.96. The van der Waals surface area contributed by atoms with E-state index in [2.05, 4.69) is 80.9 Å². The fourth-order valence-corrected chi connectivity index (χ4v) is 5.36. The molecule has 0 spiro atoms. The number of hydrogen-bond donors (Lipinski definition) is 0. The maximum absolute atomic E-state index is 5.00. The van der Waals surface area contributed by atoms with Gasteiger partial charge in [0.15, 0.2) is 0 Å². The van der Waals surface area contributed by atoms with Crippen molar-refractivity contribution < 1.29 is 0 Å². The predicted octanol–water partition coefficient (Wildman–Crippen LogP) is 3.97. The van der Waals surface area contributed by atoms with Crippen LogP contribution in [-0.4, -0.2) is 63.9 Å². The molecule has 4 aromatic rings. The minimum absolute atomic E-state index is 0.350. The van der Waals surface area contributed by atoms with Crippen LogP contribution < -0.4 is 4.90 Å². The van der Waals surface area contributed by atoms with Crippen molar-refractivity contribution in [2.45, 2.75) is 25.4 Å². The van der Waals surface area contributed by atoms with Crippen molar-refractivity contribution in [1.82, 2.24) is 24.2 Å². The van der Waals surface area contributed by atoms with Gasteiger partial charge < -0.3 is 9.80 Å². The fraction of sp³-hybridized carbons (Fsp3) is 0.385. The molecule has 2 aliphatic heterocycles. The van der Waals surface area contributed by atoms with Crippen molar-refractivity contribution >= 4 is 22.2 Å². The van der Waals surface area contributed by atoms with E-state index >= 15 is 0 Å². The molecule has 0 amide bonds. The molecule has 0 aliphatic carbocycles. The molecule has 1 aromatic carbocycles. The number of nitrogens with zero attached hydrogens (tertiary/aromatic N) is 6. The first-order chi connectivity index (χ1) is 15.8. The van der Waals surface area contributed by atoms with E-state index in [9.17, 15) is 0 Å². The number of aromatic nitrogens is 3. The average molecular weight is 427 g/mol. The van der Waals surface area contributed by atoms with Gasteiger partial charge in [0.05, 0.1) is 17.4 Å². The van der Waals surface area contributed by atoms with Crippen LogP contribution in [0.4, 0.5) is 5.82 Å². The van der Waals surface area contributed by atoms with E-state index in [1.165, 1.54) is 28.7 Å². The van der Waals surface area contributed by atoms with Gasteiger partial charge in [-0.1, -0.05) is 30.3 Å². The summed E-state index contributed by atoms with van der Waals surface area (Å²) in [5.41, 5.74) is 3.39. The van der Waals surface area contributed by atoms with Gasteiger partial charge in [-0.3, -0.25) is 14.3 Å². The molecule has 1 atom stereocenters. The zero-order chi connectivity index (χ0) is 21.5. The molecule has 5 heterocycles. The van der Waals surface area contributed by atoms with Crippen LogP contribution in [0.3, 0.4) is 0 Å². The van der Waals surface area contributed by atoms with E-state index in [-0.39, 0.29) is 0 Å². The summed E-state index contributed by atoms with van der Waals surface area (Å²) in [6.45, 7) is 6.28. The van der Waals surface area contributed by atoms with Crippen LogP contribution in [0.2, 0.25) is 0 Å². The minimum Gasteiger partial charge on any atom is -0.355 e. The normalized spacial score (nSPS) is 20.5. The van der Waals surface area contributed by atoms with Crippen molar-refractivity contribution in [1.29, 1.82) is 0 Å². The molecule has 32 heavy (non-hydrogen) atoms. The maximum atomic E-state index is 5.00. The first-order valence-electron chi connectivity index (χ1n) is 11.7. The highest BCUT2D eigenvalue weighted by Gasteiger charge is 2.29. The van der Waals surface area contributed by atoms with Crippen molar-refractivity contribution in [3.8, 4) is 0 Å². The molecule has 2 fully saturated rings. The van der Waals surface area contributed by atoms with Crippen LogP contribution in [0, 0.1) is 0 Å². The standard InChI is InChI=1S/C26H30N6/c1-29-14-16-30(17-15-29)25-10-4-9-24-28-21(19-32(24)25)18-31-13-5-8-23(31)26-22-7-3-2-6-20(22)11-12-27-26/h2-4,6-7,9-12,19,23H,5,8,13-18H2,1H3. The summed E-state index contributed by atoms with van der Waals surface area (Å²) in [6.07, 6.45) is 6.56. The number of pyridine rings is 2. The van der Waals surface area contributed by atoms with Crippen LogP contribution in [-0.2, 0) is 6.54 Å². The van der Waals surface area contributed by atoms with E-state index in [1.807, 2.05) is 6.20 Å². The van der Waals surface area contributed by atoms with Gasteiger partial charge in [-0.25, -0.2) is 4.98 Å². The Balaban J connectivity index is 1.29. The molecule has 6 rings (SSSR count). The number of piperazine rings is 1. The van der Waals surface area contributed by atoms with Crippen LogP contribution in [0.1, 0.15) is 30.3 Å². The minimum atomic E-state index is 0.350. The second-order valence-electron chi connectivity index (χ2n) is 9.18. The second-order valence-corrected chi connectivity index (χ2v) is 9.18. The lowest BCUT2D eigenvalue weighted by Gasteiger charge is -2.34. The predicted molar refractivity (Wildman–Crippen MR) is 129 cm³/mol. The van der Waals surface area contributed by atoms with Crippen molar-refractivity contribution in [3.63, 3.8) is 0 Å². The summed E-state index contributed by atoms with van der Waals surface area (Å²) in [7, 11) is 2.20. The summed E-state index contributed by atoms with van der Waals surface area (Å²) in [5, 5.41) is 2.55. The number of imidazole rings is 1. The third kappa shape index (κ3) is 3.53. The third-order valence-electron chi connectivity index (χ3n) is 7.10. The quantitative estimate of drug-likeness (QED) is 0.494. The summed E-state index contributed by atoms with van der Waals surface area (Å²) in [5.74, 6) is 1.25. The van der Waals surface area contributed by atoms with Crippen LogP contribution >= 0.6 is 0 Å². The fourth-order valence-electron chi connectivity index (χ4n) is 5.36. The molecule has 2 aliphatic rings. The lowest BCUT2D eigenvalue weighted by atomic mass is 10.0. The number of benzene rings is 1. The lowest BCUT2D eigenvalue weighted by molar-refractivity contribution is 0.243. The van der Waals surface area contributed by atoms with E-state index < -0.39 is 0 Å². The van der Waals surface area contributed by atoms with Gasteiger partial charge in [0.25, 0.3) is 0 Å². The zero-order valence-corrected chi connectivity index (χ0v) is 18.7. The number of fused-ring (bicyclic) bond motifs is 2. The highest BCUT2D eigenvalue weighted by atomic mass is 15.3. The zero-order valence-electron chi connectivity index (χ0n) is 18.7. The molecule has 3 aromatic heterocycles. The van der Waals surface area contributed by atoms with Crippen LogP contribution in [0.15, 0.2) is 60.9 Å². The van der Waals surface area contributed by atoms with Crippen LogP contribution in [0.5, 0.6) is 0 Å². The smallest absolute Gasteiger partial charge is 0.138 e.